The van der Waals surface area contributed by atoms with Crippen molar-refractivity contribution < 1.29 is 0 Å². The van der Waals surface area contributed by atoms with Gasteiger partial charge in [-0.25, -0.2) is 0 Å². The maximum atomic E-state index is 7.06. The molecular formula is C11H11N. The Balaban J connectivity index is 3.21. The SMILES string of the molecule is C=Cc1ccccc1C(=C)C=N. The summed E-state index contributed by atoms with van der Waals surface area (Å²) in [5.41, 5.74) is 2.71. The molecule has 0 bridgehead atoms. The van der Waals surface area contributed by atoms with Crippen molar-refractivity contribution in [3.63, 3.8) is 0 Å². The summed E-state index contributed by atoms with van der Waals surface area (Å²) in [6, 6.07) is 7.76. The topological polar surface area (TPSA) is 23.9 Å². The fourth-order valence-electron chi connectivity index (χ4n) is 1.05. The van der Waals surface area contributed by atoms with E-state index in [1.807, 2.05) is 24.3 Å². The molecule has 1 N–H and O–H groups in total. The Hall–Kier alpha value is -1.63. The molecule has 0 unspecified atom stereocenters. The minimum atomic E-state index is 0.713. The van der Waals surface area contributed by atoms with Gasteiger partial charge in [-0.1, -0.05) is 43.5 Å². The second kappa shape index (κ2) is 3.67. The Kier molecular flexibility index (Phi) is 2.59. The van der Waals surface area contributed by atoms with Crippen molar-refractivity contribution in [2.45, 2.75) is 0 Å². The first-order valence-electron chi connectivity index (χ1n) is 3.71. The third kappa shape index (κ3) is 1.51. The molecule has 0 aliphatic heterocycles. The Morgan fingerprint density at radius 1 is 1.33 bits per heavy atom. The summed E-state index contributed by atoms with van der Waals surface area (Å²) in [7, 11) is 0. The van der Waals surface area contributed by atoms with E-state index in [2.05, 4.69) is 13.2 Å². The molecule has 0 fully saturated rings. The fourth-order valence-corrected chi connectivity index (χ4v) is 1.05. The zero-order valence-electron chi connectivity index (χ0n) is 6.88. The standard InChI is InChI=1S/C11H11N/c1-3-10-6-4-5-7-11(10)9(2)8-12/h3-8,12H,1-2H2. The zero-order chi connectivity index (χ0) is 8.97. The summed E-state index contributed by atoms with van der Waals surface area (Å²) in [5, 5.41) is 7.06. The van der Waals surface area contributed by atoms with Crippen LogP contribution in [0.4, 0.5) is 0 Å². The highest BCUT2D eigenvalue weighted by atomic mass is 14.3. The lowest BCUT2D eigenvalue weighted by Crippen LogP contribution is -1.86. The highest BCUT2D eigenvalue weighted by Gasteiger charge is 1.98. The van der Waals surface area contributed by atoms with Gasteiger partial charge >= 0.3 is 0 Å². The van der Waals surface area contributed by atoms with Crippen molar-refractivity contribution in [2.75, 3.05) is 0 Å². The third-order valence-electron chi connectivity index (χ3n) is 1.70. The van der Waals surface area contributed by atoms with Crippen LogP contribution in [0.5, 0.6) is 0 Å². The molecule has 0 heterocycles. The molecular weight excluding hydrogens is 146 g/mol. The Morgan fingerprint density at radius 2 is 2.00 bits per heavy atom. The monoisotopic (exact) mass is 157 g/mol. The lowest BCUT2D eigenvalue weighted by atomic mass is 10.0. The molecule has 0 aliphatic rings. The lowest BCUT2D eigenvalue weighted by Gasteiger charge is -2.03. The average Bonchev–Trinajstić information content (AvgIpc) is 2.16. The Bertz CT molecular complexity index is 324. The van der Waals surface area contributed by atoms with E-state index in [1.165, 1.54) is 6.21 Å². The molecule has 12 heavy (non-hydrogen) atoms. The number of rotatable bonds is 3. The molecule has 1 nitrogen and oxygen atoms in total. The molecule has 0 aliphatic carbocycles. The number of benzene rings is 1. The van der Waals surface area contributed by atoms with Crippen LogP contribution in [0.15, 0.2) is 37.4 Å². The Morgan fingerprint density at radius 3 is 2.58 bits per heavy atom. The molecule has 0 radical (unpaired) electrons. The molecule has 0 spiro atoms. The summed E-state index contributed by atoms with van der Waals surface area (Å²) >= 11 is 0. The van der Waals surface area contributed by atoms with E-state index >= 15 is 0 Å². The number of allylic oxidation sites excluding steroid dienone is 1. The van der Waals surface area contributed by atoms with Crippen LogP contribution < -0.4 is 0 Å². The molecule has 60 valence electrons. The summed E-state index contributed by atoms with van der Waals surface area (Å²) in [6.45, 7) is 7.45. The molecule has 1 aromatic rings. The summed E-state index contributed by atoms with van der Waals surface area (Å²) in [4.78, 5) is 0. The van der Waals surface area contributed by atoms with Crippen LogP contribution in [0.3, 0.4) is 0 Å². The van der Waals surface area contributed by atoms with Crippen LogP contribution in [0, 0.1) is 5.41 Å². The number of hydrogen-bond acceptors (Lipinski definition) is 1. The molecule has 0 amide bonds. The van der Waals surface area contributed by atoms with Crippen molar-refractivity contribution in [3.05, 3.63) is 48.6 Å². The molecule has 1 rings (SSSR count). The van der Waals surface area contributed by atoms with Crippen molar-refractivity contribution in [1.82, 2.24) is 0 Å². The van der Waals surface area contributed by atoms with E-state index in [1.54, 1.807) is 6.08 Å². The first kappa shape index (κ1) is 8.47. The van der Waals surface area contributed by atoms with E-state index in [9.17, 15) is 0 Å². The number of nitrogens with one attached hydrogen (secondary N) is 1. The van der Waals surface area contributed by atoms with Gasteiger partial charge in [0.25, 0.3) is 0 Å². The summed E-state index contributed by atoms with van der Waals surface area (Å²) in [6.07, 6.45) is 3.02. The van der Waals surface area contributed by atoms with Crippen LogP contribution in [0.2, 0.25) is 0 Å². The largest absolute Gasteiger partial charge is 0.308 e. The zero-order valence-corrected chi connectivity index (χ0v) is 6.88. The lowest BCUT2D eigenvalue weighted by molar-refractivity contribution is 1.55. The van der Waals surface area contributed by atoms with Gasteiger partial charge in [0.15, 0.2) is 0 Å². The fraction of sp³-hybridized carbons (Fsp3) is 0. The van der Waals surface area contributed by atoms with Crippen LogP contribution in [0.25, 0.3) is 11.6 Å². The quantitative estimate of drug-likeness (QED) is 0.652. The average molecular weight is 157 g/mol. The molecule has 0 atom stereocenters. The number of hydrogen-bond donors (Lipinski definition) is 1. The second-order valence-corrected chi connectivity index (χ2v) is 2.46. The van der Waals surface area contributed by atoms with E-state index < -0.39 is 0 Å². The third-order valence-corrected chi connectivity index (χ3v) is 1.70. The first-order chi connectivity index (χ1) is 5.79. The predicted molar refractivity (Wildman–Crippen MR) is 54.4 cm³/mol. The van der Waals surface area contributed by atoms with Gasteiger partial charge in [-0.15, -0.1) is 0 Å². The smallest absolute Gasteiger partial charge is 0.0250 e. The summed E-state index contributed by atoms with van der Waals surface area (Å²) in [5.74, 6) is 0. The van der Waals surface area contributed by atoms with Gasteiger partial charge in [-0.05, 0) is 16.7 Å². The van der Waals surface area contributed by atoms with Gasteiger partial charge in [0.2, 0.25) is 0 Å². The molecule has 1 aromatic carbocycles. The van der Waals surface area contributed by atoms with Crippen molar-refractivity contribution in [1.29, 1.82) is 5.41 Å². The minimum absolute atomic E-state index is 0.713. The summed E-state index contributed by atoms with van der Waals surface area (Å²) < 4.78 is 0. The van der Waals surface area contributed by atoms with Crippen molar-refractivity contribution >= 4 is 17.9 Å². The van der Waals surface area contributed by atoms with E-state index in [0.717, 1.165) is 11.1 Å². The molecule has 0 aromatic heterocycles. The van der Waals surface area contributed by atoms with Crippen LogP contribution >= 0.6 is 0 Å². The van der Waals surface area contributed by atoms with Gasteiger partial charge in [-0.2, -0.15) is 0 Å². The van der Waals surface area contributed by atoms with Crippen LogP contribution in [0.1, 0.15) is 11.1 Å². The maximum absolute atomic E-state index is 7.06. The predicted octanol–water partition coefficient (Wildman–Crippen LogP) is 2.99. The molecule has 1 heteroatoms. The van der Waals surface area contributed by atoms with Crippen molar-refractivity contribution in [3.8, 4) is 0 Å². The molecule has 0 saturated heterocycles. The van der Waals surface area contributed by atoms with Gasteiger partial charge in [0.05, 0.1) is 0 Å². The van der Waals surface area contributed by atoms with Gasteiger partial charge < -0.3 is 5.41 Å². The Labute approximate surface area is 72.6 Å². The highest BCUT2D eigenvalue weighted by molar-refractivity contribution is 6.08. The van der Waals surface area contributed by atoms with Crippen molar-refractivity contribution in [2.24, 2.45) is 0 Å². The van der Waals surface area contributed by atoms with E-state index in [-0.39, 0.29) is 0 Å². The van der Waals surface area contributed by atoms with Crippen LogP contribution in [-0.4, -0.2) is 6.21 Å². The molecule has 0 saturated carbocycles. The second-order valence-electron chi connectivity index (χ2n) is 2.46. The highest BCUT2D eigenvalue weighted by Crippen LogP contribution is 2.16. The maximum Gasteiger partial charge on any atom is 0.0250 e. The van der Waals surface area contributed by atoms with Gasteiger partial charge in [0.1, 0.15) is 0 Å². The minimum Gasteiger partial charge on any atom is -0.308 e. The van der Waals surface area contributed by atoms with E-state index in [4.69, 9.17) is 5.41 Å². The normalized spacial score (nSPS) is 9.00. The van der Waals surface area contributed by atoms with Crippen LogP contribution in [-0.2, 0) is 0 Å². The van der Waals surface area contributed by atoms with Gasteiger partial charge in [0, 0.05) is 6.21 Å². The first-order valence-corrected chi connectivity index (χ1v) is 3.71. The van der Waals surface area contributed by atoms with E-state index in [0.29, 0.717) is 5.57 Å². The van der Waals surface area contributed by atoms with Gasteiger partial charge in [-0.3, -0.25) is 0 Å².